The highest BCUT2D eigenvalue weighted by atomic mass is 16.5. The van der Waals surface area contributed by atoms with Crippen LogP contribution in [0.3, 0.4) is 0 Å². The fourth-order valence-corrected chi connectivity index (χ4v) is 3.20. The quantitative estimate of drug-likeness (QED) is 0.453. The Morgan fingerprint density at radius 1 is 1.38 bits per heavy atom. The number of likely N-dealkylation sites (tertiary alicyclic amines) is 1. The summed E-state index contributed by atoms with van der Waals surface area (Å²) in [5, 5.41) is 21.1. The fourth-order valence-electron chi connectivity index (χ4n) is 3.20. The lowest BCUT2D eigenvalue weighted by Gasteiger charge is -2.35. The van der Waals surface area contributed by atoms with Gasteiger partial charge in [0.15, 0.2) is 5.78 Å². The lowest BCUT2D eigenvalue weighted by molar-refractivity contribution is -0.107. The minimum absolute atomic E-state index is 0.0495. The van der Waals surface area contributed by atoms with Gasteiger partial charge in [-0.2, -0.15) is 0 Å². The monoisotopic (exact) mass is 337 g/mol. The van der Waals surface area contributed by atoms with Crippen LogP contribution in [0.5, 0.6) is 17.2 Å². The average molecular weight is 337 g/mol. The van der Waals surface area contributed by atoms with Crippen molar-refractivity contribution in [3.05, 3.63) is 17.2 Å². The van der Waals surface area contributed by atoms with Gasteiger partial charge in [-0.25, -0.2) is 0 Å². The predicted octanol–water partition coefficient (Wildman–Crippen LogP) is 0.961. The largest absolute Gasteiger partial charge is 0.507 e. The van der Waals surface area contributed by atoms with Crippen LogP contribution in [0.1, 0.15) is 34.7 Å². The third kappa shape index (κ3) is 3.37. The van der Waals surface area contributed by atoms with Crippen molar-refractivity contribution in [1.29, 1.82) is 0 Å². The highest BCUT2D eigenvalue weighted by Crippen LogP contribution is 2.45. The van der Waals surface area contributed by atoms with E-state index < -0.39 is 11.9 Å². The summed E-state index contributed by atoms with van der Waals surface area (Å²) in [6.07, 6.45) is 0.0297. The molecule has 0 spiro atoms. The summed E-state index contributed by atoms with van der Waals surface area (Å²) in [6, 6.07) is 1.51. The summed E-state index contributed by atoms with van der Waals surface area (Å²) in [5.74, 6) is -0.704. The van der Waals surface area contributed by atoms with E-state index in [0.29, 0.717) is 30.6 Å². The number of phenolic OH excluding ortho intramolecular Hbond substituents is 1. The van der Waals surface area contributed by atoms with Gasteiger partial charge in [-0.05, 0) is 20.0 Å². The Kier molecular flexibility index (Phi) is 5.80. The van der Waals surface area contributed by atoms with Gasteiger partial charge in [0, 0.05) is 24.1 Å². The number of carbonyl (C=O) groups is 2. The molecule has 0 radical (unpaired) electrons. The standard InChI is InChI=1S/C17H23NO6/c1-18-6-4-10(12(21)9-18)15-13(23-2)8-14(24-3)16(17(15)22)11(20)5-7-19/h7-8,10,12,21-22H,4-6,9H2,1-3H3/t10-,12+/m0/s1. The van der Waals surface area contributed by atoms with Crippen LogP contribution in [0.2, 0.25) is 0 Å². The number of aliphatic hydroxyl groups excluding tert-OH is 1. The van der Waals surface area contributed by atoms with Crippen molar-refractivity contribution >= 4 is 12.1 Å². The smallest absolute Gasteiger partial charge is 0.177 e. The van der Waals surface area contributed by atoms with E-state index in [1.54, 1.807) is 0 Å². The molecule has 1 aliphatic heterocycles. The van der Waals surface area contributed by atoms with Crippen LogP contribution < -0.4 is 9.47 Å². The molecule has 2 atom stereocenters. The van der Waals surface area contributed by atoms with Crippen LogP contribution in [-0.4, -0.2) is 67.6 Å². The van der Waals surface area contributed by atoms with Gasteiger partial charge in [0.25, 0.3) is 0 Å². The number of benzene rings is 1. The molecule has 0 bridgehead atoms. The molecule has 2 rings (SSSR count). The van der Waals surface area contributed by atoms with Crippen molar-refractivity contribution in [2.75, 3.05) is 34.4 Å². The molecular formula is C17H23NO6. The molecule has 1 aromatic rings. The first-order valence-electron chi connectivity index (χ1n) is 7.75. The molecule has 132 valence electrons. The van der Waals surface area contributed by atoms with Crippen molar-refractivity contribution < 1.29 is 29.3 Å². The number of nitrogens with zero attached hydrogens (tertiary/aromatic N) is 1. The molecule has 1 saturated heterocycles. The SMILES string of the molecule is COc1cc(OC)c([C@H]2CCN(C)C[C@H]2O)c(O)c1C(=O)CC=O. The Hall–Kier alpha value is -2.12. The second-order valence-electron chi connectivity index (χ2n) is 5.94. The van der Waals surface area contributed by atoms with Gasteiger partial charge >= 0.3 is 0 Å². The van der Waals surface area contributed by atoms with Crippen LogP contribution in [0, 0.1) is 0 Å². The second kappa shape index (κ2) is 7.63. The predicted molar refractivity (Wildman–Crippen MR) is 87.1 cm³/mol. The molecule has 2 N–H and O–H groups in total. The van der Waals surface area contributed by atoms with Crippen molar-refractivity contribution in [3.8, 4) is 17.2 Å². The lowest BCUT2D eigenvalue weighted by atomic mass is 9.84. The third-order valence-corrected chi connectivity index (χ3v) is 4.41. The van der Waals surface area contributed by atoms with E-state index in [4.69, 9.17) is 9.47 Å². The molecule has 1 aliphatic rings. The van der Waals surface area contributed by atoms with Crippen LogP contribution in [-0.2, 0) is 4.79 Å². The highest BCUT2D eigenvalue weighted by Gasteiger charge is 2.34. The number of piperidine rings is 1. The number of methoxy groups -OCH3 is 2. The van der Waals surface area contributed by atoms with E-state index in [1.165, 1.54) is 20.3 Å². The number of hydrogen-bond donors (Lipinski definition) is 2. The van der Waals surface area contributed by atoms with Gasteiger partial charge in [0.1, 0.15) is 29.1 Å². The van der Waals surface area contributed by atoms with Crippen molar-refractivity contribution in [2.45, 2.75) is 24.9 Å². The maximum atomic E-state index is 12.2. The summed E-state index contributed by atoms with van der Waals surface area (Å²) in [6.45, 7) is 1.20. The first-order chi connectivity index (χ1) is 11.4. The fraction of sp³-hybridized carbons (Fsp3) is 0.529. The Labute approximate surface area is 140 Å². The van der Waals surface area contributed by atoms with Crippen LogP contribution in [0.4, 0.5) is 0 Å². The maximum absolute atomic E-state index is 12.2. The molecule has 0 amide bonds. The molecule has 0 aromatic heterocycles. The zero-order valence-electron chi connectivity index (χ0n) is 14.1. The number of Topliss-reactive ketones (excluding diaryl/α,β-unsaturated/α-hetero) is 1. The highest BCUT2D eigenvalue weighted by molar-refractivity contribution is 6.07. The normalized spacial score (nSPS) is 21.3. The molecule has 1 fully saturated rings. The first-order valence-corrected chi connectivity index (χ1v) is 7.75. The number of likely N-dealkylation sites (N-methyl/N-ethyl adjacent to an activating group) is 1. The van der Waals surface area contributed by atoms with E-state index in [-0.39, 0.29) is 29.4 Å². The topological polar surface area (TPSA) is 96.3 Å². The zero-order valence-corrected chi connectivity index (χ0v) is 14.1. The van der Waals surface area contributed by atoms with Crippen LogP contribution in [0.25, 0.3) is 0 Å². The van der Waals surface area contributed by atoms with E-state index in [2.05, 4.69) is 0 Å². The molecule has 7 heteroatoms. The van der Waals surface area contributed by atoms with Crippen LogP contribution in [0.15, 0.2) is 6.07 Å². The summed E-state index contributed by atoms with van der Waals surface area (Å²) in [4.78, 5) is 24.9. The number of ether oxygens (including phenoxy) is 2. The number of rotatable bonds is 6. The summed E-state index contributed by atoms with van der Waals surface area (Å²) in [7, 11) is 4.73. The number of aromatic hydroxyl groups is 1. The van der Waals surface area contributed by atoms with E-state index in [0.717, 1.165) is 6.54 Å². The molecule has 7 nitrogen and oxygen atoms in total. The molecule has 1 aromatic carbocycles. The van der Waals surface area contributed by atoms with Crippen LogP contribution >= 0.6 is 0 Å². The Bertz CT molecular complexity index is 630. The maximum Gasteiger partial charge on any atom is 0.177 e. The zero-order chi connectivity index (χ0) is 17.9. The second-order valence-corrected chi connectivity index (χ2v) is 5.94. The number of aliphatic hydroxyl groups is 1. The molecule has 24 heavy (non-hydrogen) atoms. The third-order valence-electron chi connectivity index (χ3n) is 4.41. The number of carbonyl (C=O) groups excluding carboxylic acids is 2. The molecular weight excluding hydrogens is 314 g/mol. The van der Waals surface area contributed by atoms with Crippen molar-refractivity contribution in [3.63, 3.8) is 0 Å². The average Bonchev–Trinajstić information content (AvgIpc) is 2.54. The minimum atomic E-state index is -0.703. The number of aldehydes is 1. The van der Waals surface area contributed by atoms with E-state index >= 15 is 0 Å². The summed E-state index contributed by atoms with van der Waals surface area (Å²) >= 11 is 0. The van der Waals surface area contributed by atoms with E-state index in [9.17, 15) is 19.8 Å². The van der Waals surface area contributed by atoms with Gasteiger partial charge in [0.2, 0.25) is 0 Å². The van der Waals surface area contributed by atoms with Gasteiger partial charge in [-0.3, -0.25) is 4.79 Å². The van der Waals surface area contributed by atoms with Crippen molar-refractivity contribution in [2.24, 2.45) is 0 Å². The summed E-state index contributed by atoms with van der Waals surface area (Å²) in [5.41, 5.74) is 0.333. The Balaban J connectivity index is 2.59. The number of phenols is 1. The molecule has 0 aliphatic carbocycles. The number of ketones is 1. The first kappa shape index (κ1) is 18.2. The van der Waals surface area contributed by atoms with Gasteiger partial charge in [0.05, 0.1) is 26.7 Å². The van der Waals surface area contributed by atoms with Gasteiger partial charge < -0.3 is 29.4 Å². The molecule has 0 unspecified atom stereocenters. The van der Waals surface area contributed by atoms with Gasteiger partial charge in [-0.1, -0.05) is 0 Å². The summed E-state index contributed by atoms with van der Waals surface area (Å²) < 4.78 is 10.5. The van der Waals surface area contributed by atoms with E-state index in [1.807, 2.05) is 11.9 Å². The molecule has 1 heterocycles. The number of hydrogen-bond acceptors (Lipinski definition) is 7. The Morgan fingerprint density at radius 2 is 2.04 bits per heavy atom. The molecule has 0 saturated carbocycles. The minimum Gasteiger partial charge on any atom is -0.507 e. The lowest BCUT2D eigenvalue weighted by Crippen LogP contribution is -2.40. The number of β-amino-alcohol motifs (C(OH)–C–C–N with tert-alkyl or cyclic N) is 1. The van der Waals surface area contributed by atoms with Gasteiger partial charge in [-0.15, -0.1) is 0 Å². The Morgan fingerprint density at radius 3 is 2.58 bits per heavy atom. The van der Waals surface area contributed by atoms with Crippen molar-refractivity contribution in [1.82, 2.24) is 4.90 Å².